The largest absolute Gasteiger partial charge is 0.439 e. The van der Waals surface area contributed by atoms with E-state index >= 15 is 0 Å². The summed E-state index contributed by atoms with van der Waals surface area (Å²) in [6.07, 6.45) is 3.91. The van der Waals surface area contributed by atoms with Crippen molar-refractivity contribution >= 4 is 0 Å². The highest BCUT2D eigenvalue weighted by Gasteiger charge is 2.21. The molecule has 2 heterocycles. The molecule has 17 heavy (non-hydrogen) atoms. The fourth-order valence-corrected chi connectivity index (χ4v) is 2.09. The molecule has 3 nitrogen and oxygen atoms in total. The summed E-state index contributed by atoms with van der Waals surface area (Å²) in [6.45, 7) is 1.01. The van der Waals surface area contributed by atoms with Gasteiger partial charge in [0.1, 0.15) is 5.82 Å². The molecule has 0 amide bonds. The molecule has 0 radical (unpaired) electrons. The number of hydrogen-bond donors (Lipinski definition) is 1. The Balaban J connectivity index is 1.86. The van der Waals surface area contributed by atoms with E-state index in [1.807, 2.05) is 0 Å². The van der Waals surface area contributed by atoms with E-state index in [1.54, 1.807) is 18.3 Å². The molecule has 1 atom stereocenters. The molecule has 1 aromatic heterocycles. The topological polar surface area (TPSA) is 38.1 Å². The summed E-state index contributed by atoms with van der Waals surface area (Å²) in [7, 11) is 0. The quantitative estimate of drug-likeness (QED) is 0.865. The maximum absolute atomic E-state index is 12.8. The lowest BCUT2D eigenvalue weighted by Gasteiger charge is -2.03. The summed E-state index contributed by atoms with van der Waals surface area (Å²) in [5.74, 6) is 1.17. The molecule has 1 fully saturated rings. The van der Waals surface area contributed by atoms with E-state index in [0.29, 0.717) is 5.76 Å². The molecule has 1 aromatic carbocycles. The fourth-order valence-electron chi connectivity index (χ4n) is 2.09. The molecule has 1 aliphatic rings. The summed E-state index contributed by atoms with van der Waals surface area (Å²) in [5.41, 5.74) is 0.850. The van der Waals surface area contributed by atoms with Gasteiger partial charge in [0.2, 0.25) is 5.89 Å². The van der Waals surface area contributed by atoms with Crippen molar-refractivity contribution in [3.8, 4) is 11.3 Å². The van der Waals surface area contributed by atoms with Crippen LogP contribution in [-0.4, -0.2) is 11.5 Å². The highest BCUT2D eigenvalue weighted by molar-refractivity contribution is 5.55. The molecule has 0 aliphatic carbocycles. The van der Waals surface area contributed by atoms with E-state index in [-0.39, 0.29) is 11.9 Å². The van der Waals surface area contributed by atoms with Gasteiger partial charge in [-0.1, -0.05) is 0 Å². The summed E-state index contributed by atoms with van der Waals surface area (Å²) >= 11 is 0. The first kappa shape index (κ1) is 10.5. The van der Waals surface area contributed by atoms with Gasteiger partial charge in [0.25, 0.3) is 0 Å². The highest BCUT2D eigenvalue weighted by atomic mass is 19.1. The predicted octanol–water partition coefficient (Wildman–Crippen LogP) is 2.91. The molecule has 0 bridgehead atoms. The maximum Gasteiger partial charge on any atom is 0.212 e. The Morgan fingerprint density at radius 1 is 1.29 bits per heavy atom. The van der Waals surface area contributed by atoms with E-state index in [1.165, 1.54) is 12.1 Å². The van der Waals surface area contributed by atoms with Crippen molar-refractivity contribution < 1.29 is 8.81 Å². The molecule has 0 saturated carbocycles. The standard InChI is InChI=1S/C13H13FN2O/c14-10-5-3-9(4-6-10)12-8-16-13(17-12)11-2-1-7-15-11/h3-6,8,11,15H,1-2,7H2. The lowest BCUT2D eigenvalue weighted by atomic mass is 10.2. The van der Waals surface area contributed by atoms with Crippen molar-refractivity contribution in [1.82, 2.24) is 10.3 Å². The van der Waals surface area contributed by atoms with Crippen LogP contribution in [0.2, 0.25) is 0 Å². The Morgan fingerprint density at radius 2 is 2.12 bits per heavy atom. The summed E-state index contributed by atoms with van der Waals surface area (Å²) < 4.78 is 18.5. The van der Waals surface area contributed by atoms with Gasteiger partial charge >= 0.3 is 0 Å². The molecule has 1 aliphatic heterocycles. The zero-order valence-electron chi connectivity index (χ0n) is 9.32. The van der Waals surface area contributed by atoms with Crippen molar-refractivity contribution in [2.75, 3.05) is 6.54 Å². The van der Waals surface area contributed by atoms with Gasteiger partial charge < -0.3 is 9.73 Å². The molecule has 2 aromatic rings. The molecule has 0 spiro atoms. The number of benzene rings is 1. The highest BCUT2D eigenvalue weighted by Crippen LogP contribution is 2.27. The first-order chi connectivity index (χ1) is 8.33. The number of halogens is 1. The average Bonchev–Trinajstić information content (AvgIpc) is 3.00. The number of oxazole rings is 1. The maximum atomic E-state index is 12.8. The molecule has 1 unspecified atom stereocenters. The third kappa shape index (κ3) is 2.08. The zero-order chi connectivity index (χ0) is 11.7. The van der Waals surface area contributed by atoms with Crippen molar-refractivity contribution in [2.24, 2.45) is 0 Å². The Morgan fingerprint density at radius 3 is 2.82 bits per heavy atom. The number of rotatable bonds is 2. The molecule has 4 heteroatoms. The van der Waals surface area contributed by atoms with Gasteiger partial charge in [-0.05, 0) is 43.7 Å². The minimum absolute atomic E-state index is 0.226. The molecule has 88 valence electrons. The number of hydrogen-bond acceptors (Lipinski definition) is 3. The van der Waals surface area contributed by atoms with Gasteiger partial charge in [-0.3, -0.25) is 0 Å². The van der Waals surface area contributed by atoms with Gasteiger partial charge in [0.05, 0.1) is 12.2 Å². The second-order valence-corrected chi connectivity index (χ2v) is 4.22. The molecular weight excluding hydrogens is 219 g/mol. The van der Waals surface area contributed by atoms with Crippen LogP contribution in [0.5, 0.6) is 0 Å². The fraction of sp³-hybridized carbons (Fsp3) is 0.308. The minimum Gasteiger partial charge on any atom is -0.439 e. The lowest BCUT2D eigenvalue weighted by Crippen LogP contribution is -2.12. The van der Waals surface area contributed by atoms with Gasteiger partial charge in [0, 0.05) is 5.56 Å². The van der Waals surface area contributed by atoms with Gasteiger partial charge in [0.15, 0.2) is 5.76 Å². The van der Waals surface area contributed by atoms with E-state index in [0.717, 1.165) is 30.8 Å². The molecular formula is C13H13FN2O. The Labute approximate surface area is 98.7 Å². The monoisotopic (exact) mass is 232 g/mol. The van der Waals surface area contributed by atoms with Crippen LogP contribution in [0.25, 0.3) is 11.3 Å². The number of nitrogens with one attached hydrogen (secondary N) is 1. The van der Waals surface area contributed by atoms with Gasteiger partial charge in [-0.2, -0.15) is 0 Å². The van der Waals surface area contributed by atoms with Gasteiger partial charge in [-0.15, -0.1) is 0 Å². The van der Waals surface area contributed by atoms with Crippen LogP contribution < -0.4 is 5.32 Å². The SMILES string of the molecule is Fc1ccc(-c2cnc(C3CCCN3)o2)cc1. The van der Waals surface area contributed by atoms with Crippen LogP contribution in [0, 0.1) is 5.82 Å². The Hall–Kier alpha value is -1.68. The van der Waals surface area contributed by atoms with Crippen LogP contribution in [0.4, 0.5) is 4.39 Å². The second kappa shape index (κ2) is 4.30. The van der Waals surface area contributed by atoms with Gasteiger partial charge in [-0.25, -0.2) is 9.37 Å². The summed E-state index contributed by atoms with van der Waals surface area (Å²) in [5, 5.41) is 3.33. The molecule has 1 saturated heterocycles. The van der Waals surface area contributed by atoms with E-state index in [9.17, 15) is 4.39 Å². The normalized spacial score (nSPS) is 19.7. The zero-order valence-corrected chi connectivity index (χ0v) is 9.32. The molecule has 1 N–H and O–H groups in total. The van der Waals surface area contributed by atoms with Crippen LogP contribution in [-0.2, 0) is 0 Å². The third-order valence-electron chi connectivity index (χ3n) is 3.01. The minimum atomic E-state index is -0.244. The Kier molecular flexibility index (Phi) is 2.65. The Bertz CT molecular complexity index is 500. The average molecular weight is 232 g/mol. The van der Waals surface area contributed by atoms with E-state index in [2.05, 4.69) is 10.3 Å². The first-order valence-corrected chi connectivity index (χ1v) is 5.78. The number of nitrogens with zero attached hydrogens (tertiary/aromatic N) is 1. The number of aromatic nitrogens is 1. The van der Waals surface area contributed by atoms with Crippen molar-refractivity contribution in [2.45, 2.75) is 18.9 Å². The smallest absolute Gasteiger partial charge is 0.212 e. The van der Waals surface area contributed by atoms with Crippen LogP contribution in [0.3, 0.4) is 0 Å². The van der Waals surface area contributed by atoms with Crippen molar-refractivity contribution in [3.63, 3.8) is 0 Å². The van der Waals surface area contributed by atoms with E-state index in [4.69, 9.17) is 4.42 Å². The van der Waals surface area contributed by atoms with Crippen LogP contribution in [0.1, 0.15) is 24.8 Å². The lowest BCUT2D eigenvalue weighted by molar-refractivity contribution is 0.437. The third-order valence-corrected chi connectivity index (χ3v) is 3.01. The first-order valence-electron chi connectivity index (χ1n) is 5.78. The molecule has 3 rings (SSSR count). The summed E-state index contributed by atoms with van der Waals surface area (Å²) in [6, 6.07) is 6.46. The van der Waals surface area contributed by atoms with E-state index < -0.39 is 0 Å². The van der Waals surface area contributed by atoms with Crippen LogP contribution in [0.15, 0.2) is 34.9 Å². The summed E-state index contributed by atoms with van der Waals surface area (Å²) in [4.78, 5) is 4.27. The van der Waals surface area contributed by atoms with Crippen LogP contribution >= 0.6 is 0 Å². The van der Waals surface area contributed by atoms with Crippen molar-refractivity contribution in [3.05, 3.63) is 42.2 Å². The second-order valence-electron chi connectivity index (χ2n) is 4.22. The van der Waals surface area contributed by atoms with Crippen molar-refractivity contribution in [1.29, 1.82) is 0 Å². The predicted molar refractivity (Wildman–Crippen MR) is 61.9 cm³/mol.